The van der Waals surface area contributed by atoms with Crippen molar-refractivity contribution in [2.75, 3.05) is 0 Å². The van der Waals surface area contributed by atoms with Crippen LogP contribution < -0.4 is 0 Å². The normalized spacial score (nSPS) is 16.6. The van der Waals surface area contributed by atoms with E-state index in [0.717, 1.165) is 0 Å². The minimum Gasteiger partial charge on any atom is -0.200 e. The zero-order chi connectivity index (χ0) is 18.9. The lowest BCUT2D eigenvalue weighted by molar-refractivity contribution is -0.422. The van der Waals surface area contributed by atoms with Gasteiger partial charge in [0.25, 0.3) is 0 Å². The van der Waals surface area contributed by atoms with Crippen LogP contribution in [0.4, 0.5) is 48.3 Å². The fraction of sp³-hybridized carbons (Fsp3) is 1.00. The quantitative estimate of drug-likeness (QED) is 0.212. The third kappa shape index (κ3) is 4.33. The summed E-state index contributed by atoms with van der Waals surface area (Å²) < 4.78 is 139. The molecule has 12 heteroatoms. The number of alkyl halides is 12. The first kappa shape index (κ1) is 23.0. The molecule has 0 N–H and O–H groups in total. The average Bonchev–Trinajstić information content (AvgIpc) is 2.33. The molecule has 0 fully saturated rings. The SMILES string of the molecule is CCCCC(I)CC(F)(F)C(F)(F)C(F)(F)C(F)(F)C(F)(F)F. The summed E-state index contributed by atoms with van der Waals surface area (Å²) in [5, 5.41) is 0. The second-order valence-electron chi connectivity index (χ2n) is 4.87. The molecule has 0 aromatic heterocycles. The molecular formula is C11H12F11I. The van der Waals surface area contributed by atoms with Crippen LogP contribution in [0.15, 0.2) is 0 Å². The summed E-state index contributed by atoms with van der Waals surface area (Å²) in [5.74, 6) is -27.2. The van der Waals surface area contributed by atoms with Gasteiger partial charge in [-0.3, -0.25) is 0 Å². The fourth-order valence-corrected chi connectivity index (χ4v) is 2.53. The molecule has 0 aliphatic rings. The van der Waals surface area contributed by atoms with Crippen LogP contribution in [-0.2, 0) is 0 Å². The Bertz CT molecular complexity index is 388. The molecular weight excluding hydrogens is 468 g/mol. The third-order valence-electron chi connectivity index (χ3n) is 2.95. The molecule has 0 aromatic carbocycles. The summed E-state index contributed by atoms with van der Waals surface area (Å²) in [6.45, 7) is 1.62. The van der Waals surface area contributed by atoms with Crippen molar-refractivity contribution in [3.05, 3.63) is 0 Å². The second kappa shape index (κ2) is 7.06. The Morgan fingerprint density at radius 2 is 1.17 bits per heavy atom. The smallest absolute Gasteiger partial charge is 0.200 e. The van der Waals surface area contributed by atoms with E-state index < -0.39 is 40.2 Å². The van der Waals surface area contributed by atoms with E-state index in [9.17, 15) is 48.3 Å². The Morgan fingerprint density at radius 1 is 0.739 bits per heavy atom. The first-order valence-corrected chi connectivity index (χ1v) is 7.42. The molecule has 0 radical (unpaired) electrons. The predicted molar refractivity (Wildman–Crippen MR) is 67.8 cm³/mol. The summed E-state index contributed by atoms with van der Waals surface area (Å²) >= 11 is 1.23. The molecule has 0 amide bonds. The fourth-order valence-electron chi connectivity index (χ4n) is 1.54. The van der Waals surface area contributed by atoms with Crippen molar-refractivity contribution in [1.82, 2.24) is 0 Å². The number of rotatable bonds is 8. The number of hydrogen-bond acceptors (Lipinski definition) is 0. The van der Waals surface area contributed by atoms with Crippen molar-refractivity contribution in [1.29, 1.82) is 0 Å². The van der Waals surface area contributed by atoms with E-state index in [1.165, 1.54) is 22.6 Å². The van der Waals surface area contributed by atoms with Crippen LogP contribution in [0.2, 0.25) is 0 Å². The summed E-state index contributed by atoms with van der Waals surface area (Å²) in [4.78, 5) is 0. The maximum Gasteiger partial charge on any atom is 0.460 e. The highest BCUT2D eigenvalue weighted by atomic mass is 127. The van der Waals surface area contributed by atoms with Crippen LogP contribution in [0, 0.1) is 0 Å². The highest BCUT2D eigenvalue weighted by molar-refractivity contribution is 14.1. The second-order valence-corrected chi connectivity index (χ2v) is 6.63. The highest BCUT2D eigenvalue weighted by Gasteiger charge is 2.86. The van der Waals surface area contributed by atoms with Gasteiger partial charge >= 0.3 is 29.9 Å². The third-order valence-corrected chi connectivity index (χ3v) is 4.02. The number of unbranched alkanes of at least 4 members (excludes halogenated alkanes) is 1. The Labute approximate surface area is 137 Å². The van der Waals surface area contributed by atoms with Gasteiger partial charge in [-0.25, -0.2) is 0 Å². The summed E-state index contributed by atoms with van der Waals surface area (Å²) in [6.07, 6.45) is -8.44. The molecule has 0 nitrogen and oxygen atoms in total. The molecule has 140 valence electrons. The molecule has 1 atom stereocenters. The molecule has 0 bridgehead atoms. The van der Waals surface area contributed by atoms with Crippen molar-refractivity contribution < 1.29 is 48.3 Å². The first-order chi connectivity index (χ1) is 9.95. The zero-order valence-corrected chi connectivity index (χ0v) is 13.6. The van der Waals surface area contributed by atoms with Gasteiger partial charge in [0.15, 0.2) is 0 Å². The minimum atomic E-state index is -7.31. The molecule has 0 aliphatic carbocycles. The van der Waals surface area contributed by atoms with E-state index in [1.807, 2.05) is 0 Å². The van der Waals surface area contributed by atoms with Gasteiger partial charge in [-0.05, 0) is 6.42 Å². The van der Waals surface area contributed by atoms with E-state index in [2.05, 4.69) is 0 Å². The zero-order valence-electron chi connectivity index (χ0n) is 11.4. The van der Waals surface area contributed by atoms with Crippen LogP contribution in [0.5, 0.6) is 0 Å². The van der Waals surface area contributed by atoms with Gasteiger partial charge < -0.3 is 0 Å². The lowest BCUT2D eigenvalue weighted by Gasteiger charge is -2.37. The van der Waals surface area contributed by atoms with E-state index >= 15 is 0 Å². The summed E-state index contributed by atoms with van der Waals surface area (Å²) in [5.41, 5.74) is 0. The van der Waals surface area contributed by atoms with E-state index in [-0.39, 0.29) is 12.8 Å². The first-order valence-electron chi connectivity index (χ1n) is 6.17. The molecule has 0 aliphatic heterocycles. The number of halogens is 12. The Morgan fingerprint density at radius 3 is 1.52 bits per heavy atom. The standard InChI is InChI=1S/C11H12F11I/c1-2-3-4-6(23)5-7(12,13)8(14,15)9(16,17)10(18,19)11(20,21)22/h6H,2-5H2,1H3. The van der Waals surface area contributed by atoms with E-state index in [4.69, 9.17) is 0 Å². The van der Waals surface area contributed by atoms with Crippen LogP contribution in [0.25, 0.3) is 0 Å². The topological polar surface area (TPSA) is 0 Å². The number of hydrogen-bond donors (Lipinski definition) is 0. The van der Waals surface area contributed by atoms with E-state index in [0.29, 0.717) is 6.42 Å². The molecule has 0 saturated heterocycles. The Kier molecular flexibility index (Phi) is 7.05. The molecule has 0 rings (SSSR count). The van der Waals surface area contributed by atoms with Crippen molar-refractivity contribution in [3.8, 4) is 0 Å². The van der Waals surface area contributed by atoms with Crippen molar-refractivity contribution in [2.24, 2.45) is 0 Å². The molecule has 23 heavy (non-hydrogen) atoms. The van der Waals surface area contributed by atoms with Crippen molar-refractivity contribution in [3.63, 3.8) is 0 Å². The minimum absolute atomic E-state index is 0.107. The lowest BCUT2D eigenvalue weighted by atomic mass is 9.94. The highest BCUT2D eigenvalue weighted by Crippen LogP contribution is 2.58. The van der Waals surface area contributed by atoms with Gasteiger partial charge in [-0.1, -0.05) is 42.4 Å². The van der Waals surface area contributed by atoms with Gasteiger partial charge in [0, 0.05) is 10.3 Å². The Hall–Kier alpha value is -0.0400. The van der Waals surface area contributed by atoms with Gasteiger partial charge in [0.2, 0.25) is 0 Å². The molecule has 0 aromatic rings. The maximum absolute atomic E-state index is 13.4. The molecule has 0 saturated carbocycles. The summed E-state index contributed by atoms with van der Waals surface area (Å²) in [6, 6.07) is 0. The predicted octanol–water partition coefficient (Wildman–Crippen LogP) is 6.47. The van der Waals surface area contributed by atoms with Crippen LogP contribution >= 0.6 is 22.6 Å². The largest absolute Gasteiger partial charge is 0.460 e. The molecule has 1 unspecified atom stereocenters. The van der Waals surface area contributed by atoms with Gasteiger partial charge in [-0.15, -0.1) is 0 Å². The Balaban J connectivity index is 5.58. The van der Waals surface area contributed by atoms with E-state index in [1.54, 1.807) is 6.92 Å². The maximum atomic E-state index is 13.4. The van der Waals surface area contributed by atoms with Crippen molar-refractivity contribution in [2.45, 2.75) is 66.4 Å². The monoisotopic (exact) mass is 480 g/mol. The molecule has 0 heterocycles. The van der Waals surface area contributed by atoms with Gasteiger partial charge in [0.1, 0.15) is 0 Å². The lowest BCUT2D eigenvalue weighted by Crippen LogP contribution is -2.66. The van der Waals surface area contributed by atoms with Crippen LogP contribution in [0.1, 0.15) is 32.6 Å². The van der Waals surface area contributed by atoms with Crippen molar-refractivity contribution >= 4 is 22.6 Å². The van der Waals surface area contributed by atoms with Gasteiger partial charge in [0.05, 0.1) is 0 Å². The van der Waals surface area contributed by atoms with Gasteiger partial charge in [-0.2, -0.15) is 48.3 Å². The summed E-state index contributed by atoms with van der Waals surface area (Å²) in [7, 11) is 0. The van der Waals surface area contributed by atoms with Crippen LogP contribution in [0.3, 0.4) is 0 Å². The van der Waals surface area contributed by atoms with Crippen LogP contribution in [-0.4, -0.2) is 33.8 Å². The average molecular weight is 480 g/mol. The molecule has 0 spiro atoms.